The maximum atomic E-state index is 5.58. The van der Waals surface area contributed by atoms with Crippen molar-refractivity contribution >= 4 is 0 Å². The molecule has 0 saturated heterocycles. The second kappa shape index (κ2) is 6.71. The molecule has 0 spiro atoms. The Balaban J connectivity index is 2.62. The van der Waals surface area contributed by atoms with Crippen LogP contribution in [0.25, 0.3) is 0 Å². The third kappa shape index (κ3) is 4.83. The highest BCUT2D eigenvalue weighted by Crippen LogP contribution is 2.10. The summed E-state index contributed by atoms with van der Waals surface area (Å²) in [5, 5.41) is 4.26. The van der Waals surface area contributed by atoms with Gasteiger partial charge in [-0.25, -0.2) is 9.67 Å². The lowest BCUT2D eigenvalue weighted by molar-refractivity contribution is 0.398. The minimum atomic E-state index is 0.269. The molecular formula is C12H25N5. The third-order valence-corrected chi connectivity index (χ3v) is 2.65. The predicted octanol–water partition coefficient (Wildman–Crippen LogP) is 1.35. The summed E-state index contributed by atoms with van der Waals surface area (Å²) < 4.78 is 1.98. The number of nitrogens with one attached hydrogen (secondary N) is 1. The van der Waals surface area contributed by atoms with Crippen LogP contribution in [0.5, 0.6) is 0 Å². The minimum Gasteiger partial charge on any atom is -0.271 e. The molecule has 0 radical (unpaired) electrons. The smallest absolute Gasteiger partial charge is 0.138 e. The second-order valence-corrected chi connectivity index (χ2v) is 5.45. The predicted molar refractivity (Wildman–Crippen MR) is 69.1 cm³/mol. The van der Waals surface area contributed by atoms with Crippen molar-refractivity contribution in [2.24, 2.45) is 17.7 Å². The highest BCUT2D eigenvalue weighted by atomic mass is 15.3. The number of nitrogens with two attached hydrogens (primary N) is 1. The lowest BCUT2D eigenvalue weighted by Crippen LogP contribution is -2.38. The summed E-state index contributed by atoms with van der Waals surface area (Å²) in [5.74, 6) is 7.79. The Kier molecular flexibility index (Phi) is 5.58. The molecule has 5 nitrogen and oxygen atoms in total. The quantitative estimate of drug-likeness (QED) is 0.557. The molecule has 0 amide bonds. The maximum absolute atomic E-state index is 5.58. The van der Waals surface area contributed by atoms with Crippen molar-refractivity contribution in [3.05, 3.63) is 12.2 Å². The van der Waals surface area contributed by atoms with Gasteiger partial charge in [0.25, 0.3) is 0 Å². The lowest BCUT2D eigenvalue weighted by atomic mass is 10.0. The van der Waals surface area contributed by atoms with Gasteiger partial charge in [0.15, 0.2) is 0 Å². The van der Waals surface area contributed by atoms with Crippen LogP contribution in [-0.4, -0.2) is 20.8 Å². The summed E-state index contributed by atoms with van der Waals surface area (Å²) in [6.45, 7) is 9.66. The van der Waals surface area contributed by atoms with Crippen molar-refractivity contribution in [3.63, 3.8) is 0 Å². The number of hydrogen-bond donors (Lipinski definition) is 2. The number of rotatable bonds is 7. The second-order valence-electron chi connectivity index (χ2n) is 5.45. The van der Waals surface area contributed by atoms with E-state index in [4.69, 9.17) is 5.84 Å². The van der Waals surface area contributed by atoms with Gasteiger partial charge in [-0.1, -0.05) is 27.7 Å². The van der Waals surface area contributed by atoms with Crippen LogP contribution >= 0.6 is 0 Å². The molecular weight excluding hydrogens is 214 g/mol. The minimum absolute atomic E-state index is 0.269. The molecule has 1 rings (SSSR count). The van der Waals surface area contributed by atoms with Crippen LogP contribution in [0.15, 0.2) is 6.33 Å². The van der Waals surface area contributed by atoms with Gasteiger partial charge < -0.3 is 0 Å². The fourth-order valence-corrected chi connectivity index (χ4v) is 1.94. The maximum Gasteiger partial charge on any atom is 0.138 e. The van der Waals surface area contributed by atoms with E-state index in [9.17, 15) is 0 Å². The van der Waals surface area contributed by atoms with E-state index in [2.05, 4.69) is 43.2 Å². The van der Waals surface area contributed by atoms with Crippen LogP contribution in [-0.2, 0) is 13.0 Å². The number of hydrazine groups is 1. The Bertz CT molecular complexity index is 318. The molecule has 1 unspecified atom stereocenters. The average Bonchev–Trinajstić information content (AvgIpc) is 2.63. The number of hydrogen-bond acceptors (Lipinski definition) is 4. The van der Waals surface area contributed by atoms with E-state index in [0.29, 0.717) is 11.8 Å². The fraction of sp³-hybridized carbons (Fsp3) is 0.833. The zero-order valence-corrected chi connectivity index (χ0v) is 11.3. The largest absolute Gasteiger partial charge is 0.271 e. The first-order valence-electron chi connectivity index (χ1n) is 6.35. The fourth-order valence-electron chi connectivity index (χ4n) is 1.94. The Hall–Kier alpha value is -0.940. The van der Waals surface area contributed by atoms with Crippen molar-refractivity contribution in [2.75, 3.05) is 0 Å². The van der Waals surface area contributed by atoms with E-state index in [0.717, 1.165) is 25.2 Å². The van der Waals surface area contributed by atoms with Gasteiger partial charge in [-0.05, 0) is 18.3 Å². The SMILES string of the molecule is CC(C)CC(Cc1ncnn1CC(C)C)NN. The summed E-state index contributed by atoms with van der Waals surface area (Å²) in [4.78, 5) is 4.32. The van der Waals surface area contributed by atoms with E-state index in [1.807, 2.05) is 4.68 Å². The Morgan fingerprint density at radius 1 is 1.29 bits per heavy atom. The normalized spacial score (nSPS) is 13.6. The van der Waals surface area contributed by atoms with Crippen LogP contribution in [0, 0.1) is 11.8 Å². The molecule has 1 aromatic rings. The van der Waals surface area contributed by atoms with Crippen molar-refractivity contribution in [1.82, 2.24) is 20.2 Å². The molecule has 1 heterocycles. The third-order valence-electron chi connectivity index (χ3n) is 2.65. The van der Waals surface area contributed by atoms with Crippen LogP contribution < -0.4 is 11.3 Å². The summed E-state index contributed by atoms with van der Waals surface area (Å²) in [6.07, 6.45) is 3.51. The van der Waals surface area contributed by atoms with Crippen molar-refractivity contribution < 1.29 is 0 Å². The van der Waals surface area contributed by atoms with E-state index in [1.165, 1.54) is 0 Å². The van der Waals surface area contributed by atoms with Crippen molar-refractivity contribution in [3.8, 4) is 0 Å². The first-order valence-corrected chi connectivity index (χ1v) is 6.35. The van der Waals surface area contributed by atoms with E-state index >= 15 is 0 Å². The molecule has 0 bridgehead atoms. The number of nitrogens with zero attached hydrogens (tertiary/aromatic N) is 3. The van der Waals surface area contributed by atoms with Crippen molar-refractivity contribution in [2.45, 2.75) is 53.1 Å². The molecule has 3 N–H and O–H groups in total. The molecule has 0 aromatic carbocycles. The van der Waals surface area contributed by atoms with Crippen LogP contribution in [0.2, 0.25) is 0 Å². The van der Waals surface area contributed by atoms with Gasteiger partial charge in [0.1, 0.15) is 12.2 Å². The highest BCUT2D eigenvalue weighted by molar-refractivity contribution is 4.90. The Morgan fingerprint density at radius 2 is 2.00 bits per heavy atom. The molecule has 0 aliphatic heterocycles. The van der Waals surface area contributed by atoms with Gasteiger partial charge in [0, 0.05) is 19.0 Å². The molecule has 5 heteroatoms. The standard InChI is InChI=1S/C12H25N5/c1-9(2)5-11(16-13)6-12-14-8-15-17(12)7-10(3)4/h8-11,16H,5-7,13H2,1-4H3. The van der Waals surface area contributed by atoms with Crippen molar-refractivity contribution in [1.29, 1.82) is 0 Å². The van der Waals surface area contributed by atoms with Crippen LogP contribution in [0.4, 0.5) is 0 Å². The molecule has 0 aliphatic rings. The Morgan fingerprint density at radius 3 is 2.53 bits per heavy atom. The van der Waals surface area contributed by atoms with Gasteiger partial charge in [0.2, 0.25) is 0 Å². The summed E-state index contributed by atoms with van der Waals surface area (Å²) in [7, 11) is 0. The highest BCUT2D eigenvalue weighted by Gasteiger charge is 2.14. The average molecular weight is 239 g/mol. The molecule has 98 valence electrons. The van der Waals surface area contributed by atoms with E-state index in [1.54, 1.807) is 6.33 Å². The summed E-state index contributed by atoms with van der Waals surface area (Å²) in [6, 6.07) is 0.269. The summed E-state index contributed by atoms with van der Waals surface area (Å²) >= 11 is 0. The van der Waals surface area contributed by atoms with Gasteiger partial charge in [0.05, 0.1) is 0 Å². The zero-order valence-electron chi connectivity index (χ0n) is 11.3. The molecule has 1 aromatic heterocycles. The van der Waals surface area contributed by atoms with E-state index < -0.39 is 0 Å². The molecule has 17 heavy (non-hydrogen) atoms. The van der Waals surface area contributed by atoms with Gasteiger partial charge in [-0.2, -0.15) is 5.10 Å². The van der Waals surface area contributed by atoms with Crippen LogP contribution in [0.3, 0.4) is 0 Å². The first kappa shape index (κ1) is 14.1. The monoisotopic (exact) mass is 239 g/mol. The zero-order chi connectivity index (χ0) is 12.8. The van der Waals surface area contributed by atoms with Gasteiger partial charge in [-0.3, -0.25) is 11.3 Å². The molecule has 0 aliphatic carbocycles. The number of aromatic nitrogens is 3. The molecule has 0 saturated carbocycles. The molecule has 1 atom stereocenters. The first-order chi connectivity index (χ1) is 8.02. The molecule has 0 fully saturated rings. The van der Waals surface area contributed by atoms with Crippen LogP contribution in [0.1, 0.15) is 39.9 Å². The summed E-state index contributed by atoms with van der Waals surface area (Å²) in [5.41, 5.74) is 2.87. The Labute approximate surface area is 104 Å². The topological polar surface area (TPSA) is 68.8 Å². The lowest BCUT2D eigenvalue weighted by Gasteiger charge is -2.18. The van der Waals surface area contributed by atoms with Gasteiger partial charge >= 0.3 is 0 Å². The van der Waals surface area contributed by atoms with Gasteiger partial charge in [-0.15, -0.1) is 0 Å². The van der Waals surface area contributed by atoms with E-state index in [-0.39, 0.29) is 6.04 Å².